The summed E-state index contributed by atoms with van der Waals surface area (Å²) >= 11 is 1.60. The summed E-state index contributed by atoms with van der Waals surface area (Å²) in [6.07, 6.45) is 0. The van der Waals surface area contributed by atoms with Crippen molar-refractivity contribution in [3.8, 4) is 0 Å². The molecular weight excluding hydrogens is 206 g/mol. The van der Waals surface area contributed by atoms with Gasteiger partial charge in [-0.3, -0.25) is 0 Å². The lowest BCUT2D eigenvalue weighted by atomic mass is 10.2. The minimum atomic E-state index is -2.82. The molecule has 1 saturated heterocycles. The van der Waals surface area contributed by atoms with Gasteiger partial charge in [-0.15, -0.1) is 0 Å². The summed E-state index contributed by atoms with van der Waals surface area (Å²) < 4.78 is 22.6. The standard InChI is InChI=1S/C8H11NO2S2/c10-13(11)4-2-9-8(6-13)7-1-3-12-5-7/h1,3,5,8-9H,2,4,6H2. The molecule has 1 aromatic heterocycles. The Hall–Kier alpha value is -0.390. The molecule has 0 aliphatic carbocycles. The molecule has 13 heavy (non-hydrogen) atoms. The zero-order chi connectivity index (χ0) is 9.31. The third-order valence-corrected chi connectivity index (χ3v) is 4.54. The van der Waals surface area contributed by atoms with Crippen LogP contribution in [-0.4, -0.2) is 26.5 Å². The van der Waals surface area contributed by atoms with E-state index < -0.39 is 9.84 Å². The maximum Gasteiger partial charge on any atom is 0.153 e. The van der Waals surface area contributed by atoms with Gasteiger partial charge in [-0.1, -0.05) is 0 Å². The van der Waals surface area contributed by atoms with Crippen LogP contribution in [0.1, 0.15) is 11.6 Å². The molecule has 3 nitrogen and oxygen atoms in total. The third-order valence-electron chi connectivity index (χ3n) is 2.17. The number of hydrogen-bond donors (Lipinski definition) is 1. The van der Waals surface area contributed by atoms with Crippen molar-refractivity contribution in [2.45, 2.75) is 6.04 Å². The number of hydrogen-bond acceptors (Lipinski definition) is 4. The SMILES string of the molecule is O=S1(=O)CCNC(c2ccsc2)C1. The normalized spacial score (nSPS) is 27.2. The van der Waals surface area contributed by atoms with Gasteiger partial charge in [0, 0.05) is 12.6 Å². The highest BCUT2D eigenvalue weighted by Gasteiger charge is 2.25. The van der Waals surface area contributed by atoms with Crippen molar-refractivity contribution in [3.63, 3.8) is 0 Å². The van der Waals surface area contributed by atoms with Gasteiger partial charge >= 0.3 is 0 Å². The van der Waals surface area contributed by atoms with Gasteiger partial charge in [0.15, 0.2) is 9.84 Å². The van der Waals surface area contributed by atoms with Crippen LogP contribution in [0.2, 0.25) is 0 Å². The van der Waals surface area contributed by atoms with Gasteiger partial charge in [-0.05, 0) is 22.4 Å². The highest BCUT2D eigenvalue weighted by Crippen LogP contribution is 2.20. The minimum absolute atomic E-state index is 0.00463. The Morgan fingerprint density at radius 2 is 2.38 bits per heavy atom. The summed E-state index contributed by atoms with van der Waals surface area (Å²) in [6, 6.07) is 1.98. The molecule has 0 aromatic carbocycles. The summed E-state index contributed by atoms with van der Waals surface area (Å²) in [5.74, 6) is 0.511. The molecule has 72 valence electrons. The molecule has 1 unspecified atom stereocenters. The van der Waals surface area contributed by atoms with Crippen LogP contribution in [0.25, 0.3) is 0 Å². The van der Waals surface area contributed by atoms with E-state index in [0.717, 1.165) is 5.56 Å². The maximum absolute atomic E-state index is 11.3. The van der Waals surface area contributed by atoms with E-state index >= 15 is 0 Å². The van der Waals surface area contributed by atoms with Crippen molar-refractivity contribution in [1.29, 1.82) is 0 Å². The largest absolute Gasteiger partial charge is 0.308 e. The van der Waals surface area contributed by atoms with Crippen molar-refractivity contribution in [3.05, 3.63) is 22.4 Å². The van der Waals surface area contributed by atoms with E-state index in [4.69, 9.17) is 0 Å². The van der Waals surface area contributed by atoms with Crippen LogP contribution in [0.15, 0.2) is 16.8 Å². The maximum atomic E-state index is 11.3. The topological polar surface area (TPSA) is 46.2 Å². The molecule has 1 atom stereocenters. The number of sulfone groups is 1. The van der Waals surface area contributed by atoms with E-state index in [2.05, 4.69) is 5.32 Å². The van der Waals surface area contributed by atoms with Crippen LogP contribution in [0.5, 0.6) is 0 Å². The molecule has 0 saturated carbocycles. The Labute approximate surface area is 81.7 Å². The first-order valence-corrected chi connectivity index (χ1v) is 6.90. The van der Waals surface area contributed by atoms with Crippen LogP contribution in [-0.2, 0) is 9.84 Å². The first kappa shape index (κ1) is 9.18. The van der Waals surface area contributed by atoms with Crippen molar-refractivity contribution in [2.75, 3.05) is 18.1 Å². The van der Waals surface area contributed by atoms with Gasteiger partial charge in [0.05, 0.1) is 11.5 Å². The minimum Gasteiger partial charge on any atom is -0.308 e. The molecule has 1 fully saturated rings. The molecule has 5 heteroatoms. The zero-order valence-electron chi connectivity index (χ0n) is 7.06. The van der Waals surface area contributed by atoms with Crippen LogP contribution < -0.4 is 5.32 Å². The molecule has 1 aliphatic rings. The lowest BCUT2D eigenvalue weighted by Gasteiger charge is -2.22. The monoisotopic (exact) mass is 217 g/mol. The first-order valence-electron chi connectivity index (χ1n) is 4.13. The lowest BCUT2D eigenvalue weighted by Crippen LogP contribution is -2.38. The predicted octanol–water partition coefficient (Wildman–Crippen LogP) is 0.807. The molecular formula is C8H11NO2S2. The van der Waals surface area contributed by atoms with Gasteiger partial charge in [-0.2, -0.15) is 11.3 Å². The molecule has 2 heterocycles. The second-order valence-corrected chi connectivity index (χ2v) is 6.19. The van der Waals surface area contributed by atoms with Crippen molar-refractivity contribution >= 4 is 21.2 Å². The lowest BCUT2D eigenvalue weighted by molar-refractivity contribution is 0.531. The van der Waals surface area contributed by atoms with E-state index in [9.17, 15) is 8.42 Å². The average Bonchev–Trinajstić information content (AvgIpc) is 2.53. The molecule has 0 amide bonds. The number of rotatable bonds is 1. The highest BCUT2D eigenvalue weighted by atomic mass is 32.2. The van der Waals surface area contributed by atoms with Crippen molar-refractivity contribution in [1.82, 2.24) is 5.32 Å². The van der Waals surface area contributed by atoms with Crippen molar-refractivity contribution < 1.29 is 8.42 Å². The third kappa shape index (κ3) is 2.10. The molecule has 1 N–H and O–H groups in total. The summed E-state index contributed by atoms with van der Waals surface area (Å²) in [5.41, 5.74) is 1.09. The fourth-order valence-electron chi connectivity index (χ4n) is 1.47. The molecule has 1 aliphatic heterocycles. The van der Waals surface area contributed by atoms with Crippen LogP contribution in [0.3, 0.4) is 0 Å². The summed E-state index contributed by atoms with van der Waals surface area (Å²) in [6.45, 7) is 0.572. The second-order valence-electron chi connectivity index (χ2n) is 3.18. The number of nitrogens with one attached hydrogen (secondary N) is 1. The van der Waals surface area contributed by atoms with Crippen LogP contribution in [0.4, 0.5) is 0 Å². The predicted molar refractivity (Wildman–Crippen MR) is 53.7 cm³/mol. The summed E-state index contributed by atoms with van der Waals surface area (Å²) in [4.78, 5) is 0. The van der Waals surface area contributed by atoms with Crippen LogP contribution in [0, 0.1) is 0 Å². The quantitative estimate of drug-likeness (QED) is 0.757. The van der Waals surface area contributed by atoms with Gasteiger partial charge in [0.2, 0.25) is 0 Å². The first-order chi connectivity index (χ1) is 6.17. The van der Waals surface area contributed by atoms with Crippen LogP contribution >= 0.6 is 11.3 Å². The molecule has 0 radical (unpaired) electrons. The molecule has 0 bridgehead atoms. The fourth-order valence-corrected chi connectivity index (χ4v) is 3.60. The second kappa shape index (κ2) is 3.40. The Morgan fingerprint density at radius 3 is 3.00 bits per heavy atom. The Bertz CT molecular complexity index is 369. The fraction of sp³-hybridized carbons (Fsp3) is 0.500. The molecule has 1 aromatic rings. The zero-order valence-corrected chi connectivity index (χ0v) is 8.70. The van der Waals surface area contributed by atoms with E-state index in [1.54, 1.807) is 11.3 Å². The Morgan fingerprint density at radius 1 is 1.54 bits per heavy atom. The Balaban J connectivity index is 2.18. The average molecular weight is 217 g/mol. The van der Waals surface area contributed by atoms with E-state index in [1.165, 1.54) is 0 Å². The smallest absolute Gasteiger partial charge is 0.153 e. The van der Waals surface area contributed by atoms with Gasteiger partial charge in [0.1, 0.15) is 0 Å². The molecule has 0 spiro atoms. The summed E-state index contributed by atoms with van der Waals surface area (Å²) in [5, 5.41) is 7.17. The van der Waals surface area contributed by atoms with Gasteiger partial charge < -0.3 is 5.32 Å². The summed E-state index contributed by atoms with van der Waals surface area (Å²) in [7, 11) is -2.82. The van der Waals surface area contributed by atoms with Crippen molar-refractivity contribution in [2.24, 2.45) is 0 Å². The van der Waals surface area contributed by atoms with E-state index in [-0.39, 0.29) is 17.5 Å². The Kier molecular flexibility index (Phi) is 2.40. The number of thiophene rings is 1. The van der Waals surface area contributed by atoms with E-state index in [0.29, 0.717) is 6.54 Å². The van der Waals surface area contributed by atoms with Gasteiger partial charge in [-0.25, -0.2) is 8.42 Å². The van der Waals surface area contributed by atoms with Gasteiger partial charge in [0.25, 0.3) is 0 Å². The van der Waals surface area contributed by atoms with E-state index in [1.807, 2.05) is 16.8 Å². The molecule has 2 rings (SSSR count). The highest BCUT2D eigenvalue weighted by molar-refractivity contribution is 7.91.